The van der Waals surface area contributed by atoms with Gasteiger partial charge in [-0.3, -0.25) is 4.79 Å². The van der Waals surface area contributed by atoms with Gasteiger partial charge in [-0.2, -0.15) is 0 Å². The molecule has 1 atom stereocenters. The van der Waals surface area contributed by atoms with Crippen LogP contribution in [-0.2, 0) is 9.53 Å². The van der Waals surface area contributed by atoms with E-state index in [1.165, 1.54) is 0 Å². The first kappa shape index (κ1) is 15.3. The molecule has 0 rings (SSSR count). The third-order valence-corrected chi connectivity index (χ3v) is 2.29. The average molecular weight is 246 g/mol. The summed E-state index contributed by atoms with van der Waals surface area (Å²) in [6.07, 6.45) is 2.76. The van der Waals surface area contributed by atoms with E-state index in [4.69, 9.17) is 22.7 Å². The van der Waals surface area contributed by atoms with E-state index in [0.717, 1.165) is 12.8 Å². The van der Waals surface area contributed by atoms with Crippen LogP contribution in [0.5, 0.6) is 0 Å². The molecule has 16 heavy (non-hydrogen) atoms. The predicted octanol–water partition coefficient (Wildman–Crippen LogP) is 1.37. The fourth-order valence-electron chi connectivity index (χ4n) is 1.25. The molecule has 0 saturated heterocycles. The van der Waals surface area contributed by atoms with Gasteiger partial charge in [0, 0.05) is 25.5 Å². The summed E-state index contributed by atoms with van der Waals surface area (Å²) < 4.78 is 5.24. The maximum absolute atomic E-state index is 11.5. The summed E-state index contributed by atoms with van der Waals surface area (Å²) in [5, 5.41) is 2.89. The van der Waals surface area contributed by atoms with E-state index in [2.05, 4.69) is 5.32 Å². The third kappa shape index (κ3) is 8.61. The van der Waals surface area contributed by atoms with Gasteiger partial charge in [0.2, 0.25) is 5.91 Å². The number of hydrogen-bond donors (Lipinski definition) is 2. The highest BCUT2D eigenvalue weighted by Crippen LogP contribution is 1.98. The van der Waals surface area contributed by atoms with Crippen LogP contribution < -0.4 is 11.1 Å². The van der Waals surface area contributed by atoms with Gasteiger partial charge in [-0.05, 0) is 12.8 Å². The summed E-state index contributed by atoms with van der Waals surface area (Å²) in [5.41, 5.74) is 5.44. The van der Waals surface area contributed by atoms with Crippen LogP contribution in [0, 0.1) is 0 Å². The lowest BCUT2D eigenvalue weighted by Crippen LogP contribution is -2.37. The maximum atomic E-state index is 11.5. The standard InChI is InChI=1S/C11H22N2O2S/c1-3-6-15-7-5-11(14)13-9(4-2)8-10(12)16/h9H,3-8H2,1-2H3,(H2,12,16)(H,13,14). The Kier molecular flexibility index (Phi) is 9.13. The molecular weight excluding hydrogens is 224 g/mol. The van der Waals surface area contributed by atoms with Crippen LogP contribution in [0.15, 0.2) is 0 Å². The molecule has 3 N–H and O–H groups in total. The Bertz CT molecular complexity index is 222. The number of hydrogen-bond acceptors (Lipinski definition) is 3. The van der Waals surface area contributed by atoms with Crippen molar-refractivity contribution in [1.29, 1.82) is 0 Å². The van der Waals surface area contributed by atoms with E-state index in [0.29, 0.717) is 31.0 Å². The van der Waals surface area contributed by atoms with Gasteiger partial charge < -0.3 is 15.8 Å². The third-order valence-electron chi connectivity index (χ3n) is 2.13. The SMILES string of the molecule is CCCOCCC(=O)NC(CC)CC(N)=S. The van der Waals surface area contributed by atoms with Crippen molar-refractivity contribution in [3.05, 3.63) is 0 Å². The molecule has 0 bridgehead atoms. The Hall–Kier alpha value is -0.680. The van der Waals surface area contributed by atoms with Crippen molar-refractivity contribution < 1.29 is 9.53 Å². The van der Waals surface area contributed by atoms with Crippen molar-refractivity contribution >= 4 is 23.1 Å². The Balaban J connectivity index is 3.70. The van der Waals surface area contributed by atoms with E-state index >= 15 is 0 Å². The number of nitrogens with two attached hydrogens (primary N) is 1. The van der Waals surface area contributed by atoms with Crippen LogP contribution in [0.1, 0.15) is 39.5 Å². The van der Waals surface area contributed by atoms with Gasteiger partial charge in [-0.25, -0.2) is 0 Å². The monoisotopic (exact) mass is 246 g/mol. The molecule has 1 unspecified atom stereocenters. The second-order valence-electron chi connectivity index (χ2n) is 3.71. The normalized spacial score (nSPS) is 12.1. The molecule has 5 heteroatoms. The van der Waals surface area contributed by atoms with E-state index in [1.807, 2.05) is 13.8 Å². The first-order chi connectivity index (χ1) is 7.60. The summed E-state index contributed by atoms with van der Waals surface area (Å²) in [6.45, 7) is 5.22. The van der Waals surface area contributed by atoms with Gasteiger partial charge in [0.25, 0.3) is 0 Å². The van der Waals surface area contributed by atoms with Crippen molar-refractivity contribution in [2.24, 2.45) is 5.73 Å². The largest absolute Gasteiger partial charge is 0.393 e. The number of nitrogens with one attached hydrogen (secondary N) is 1. The summed E-state index contributed by atoms with van der Waals surface area (Å²) in [5.74, 6) is -0.000738. The van der Waals surface area contributed by atoms with Gasteiger partial charge in [0.05, 0.1) is 11.6 Å². The molecule has 0 aromatic rings. The molecule has 94 valence electrons. The molecule has 0 fully saturated rings. The van der Waals surface area contributed by atoms with Crippen molar-refractivity contribution in [1.82, 2.24) is 5.32 Å². The number of amides is 1. The maximum Gasteiger partial charge on any atom is 0.222 e. The van der Waals surface area contributed by atoms with E-state index in [-0.39, 0.29) is 11.9 Å². The number of ether oxygens (including phenoxy) is 1. The topological polar surface area (TPSA) is 64.3 Å². The van der Waals surface area contributed by atoms with Gasteiger partial charge in [0.1, 0.15) is 0 Å². The quantitative estimate of drug-likeness (QED) is 0.476. The van der Waals surface area contributed by atoms with Crippen molar-refractivity contribution in [2.45, 2.75) is 45.6 Å². The van der Waals surface area contributed by atoms with Crippen molar-refractivity contribution in [3.8, 4) is 0 Å². The molecule has 4 nitrogen and oxygen atoms in total. The van der Waals surface area contributed by atoms with Gasteiger partial charge in [-0.15, -0.1) is 0 Å². The zero-order valence-electron chi connectivity index (χ0n) is 10.1. The van der Waals surface area contributed by atoms with Crippen LogP contribution >= 0.6 is 12.2 Å². The summed E-state index contributed by atoms with van der Waals surface area (Å²) in [7, 11) is 0. The first-order valence-electron chi connectivity index (χ1n) is 5.75. The number of carbonyl (C=O) groups excluding carboxylic acids is 1. The molecule has 0 aromatic heterocycles. The smallest absolute Gasteiger partial charge is 0.222 e. The van der Waals surface area contributed by atoms with Crippen LogP contribution in [0.2, 0.25) is 0 Å². The Morgan fingerprint density at radius 2 is 2.12 bits per heavy atom. The predicted molar refractivity (Wildman–Crippen MR) is 69.4 cm³/mol. The van der Waals surface area contributed by atoms with Gasteiger partial charge in [-0.1, -0.05) is 26.1 Å². The highest BCUT2D eigenvalue weighted by Gasteiger charge is 2.10. The molecular formula is C11H22N2O2S. The highest BCUT2D eigenvalue weighted by molar-refractivity contribution is 7.80. The molecule has 0 aromatic carbocycles. The minimum atomic E-state index is -0.000738. The number of thiocarbonyl (C=S) groups is 1. The lowest BCUT2D eigenvalue weighted by atomic mass is 10.1. The van der Waals surface area contributed by atoms with Gasteiger partial charge >= 0.3 is 0 Å². The molecule has 0 aliphatic rings. The molecule has 0 aliphatic heterocycles. The van der Waals surface area contributed by atoms with Gasteiger partial charge in [0.15, 0.2) is 0 Å². The summed E-state index contributed by atoms with van der Waals surface area (Å²) >= 11 is 4.81. The fraction of sp³-hybridized carbons (Fsp3) is 0.818. The van der Waals surface area contributed by atoms with Crippen molar-refractivity contribution in [3.63, 3.8) is 0 Å². The number of carbonyl (C=O) groups is 1. The second kappa shape index (κ2) is 9.54. The van der Waals surface area contributed by atoms with E-state index in [9.17, 15) is 4.79 Å². The van der Waals surface area contributed by atoms with E-state index < -0.39 is 0 Å². The minimum absolute atomic E-state index is 0.000738. The fourth-order valence-corrected chi connectivity index (χ4v) is 1.45. The summed E-state index contributed by atoms with van der Waals surface area (Å²) in [6, 6.07) is 0.0520. The zero-order valence-corrected chi connectivity index (χ0v) is 10.9. The molecule has 0 radical (unpaired) electrons. The minimum Gasteiger partial charge on any atom is -0.393 e. The van der Waals surface area contributed by atoms with Crippen LogP contribution in [0.3, 0.4) is 0 Å². The molecule has 0 saturated carbocycles. The molecule has 1 amide bonds. The van der Waals surface area contributed by atoms with Crippen LogP contribution in [0.25, 0.3) is 0 Å². The average Bonchev–Trinajstić information content (AvgIpc) is 2.23. The van der Waals surface area contributed by atoms with E-state index in [1.54, 1.807) is 0 Å². The molecule has 0 heterocycles. The lowest BCUT2D eigenvalue weighted by molar-refractivity contribution is -0.122. The van der Waals surface area contributed by atoms with Crippen molar-refractivity contribution in [2.75, 3.05) is 13.2 Å². The molecule has 0 aliphatic carbocycles. The Morgan fingerprint density at radius 3 is 2.62 bits per heavy atom. The lowest BCUT2D eigenvalue weighted by Gasteiger charge is -2.16. The Labute approximate surface area is 103 Å². The van der Waals surface area contributed by atoms with Crippen LogP contribution in [0.4, 0.5) is 0 Å². The second-order valence-corrected chi connectivity index (χ2v) is 4.23. The molecule has 0 spiro atoms. The summed E-state index contributed by atoms with van der Waals surface area (Å²) in [4.78, 5) is 11.9. The highest BCUT2D eigenvalue weighted by atomic mass is 32.1. The zero-order chi connectivity index (χ0) is 12.4. The number of rotatable bonds is 9. The first-order valence-corrected chi connectivity index (χ1v) is 6.16. The Morgan fingerprint density at radius 1 is 1.44 bits per heavy atom. The van der Waals surface area contributed by atoms with Crippen LogP contribution in [-0.4, -0.2) is 30.2 Å².